The van der Waals surface area contributed by atoms with Crippen LogP contribution in [0.2, 0.25) is 0 Å². The zero-order valence-electron chi connectivity index (χ0n) is 12.5. The number of nitrogens with one attached hydrogen (secondary N) is 2. The van der Waals surface area contributed by atoms with E-state index in [9.17, 15) is 4.79 Å². The van der Waals surface area contributed by atoms with E-state index in [1.807, 2.05) is 6.07 Å². The molecule has 1 heterocycles. The summed E-state index contributed by atoms with van der Waals surface area (Å²) in [4.78, 5) is 19.2. The maximum absolute atomic E-state index is 10.7. The Labute approximate surface area is 133 Å². The largest absolute Gasteiger partial charge is 0.465 e. The van der Waals surface area contributed by atoms with Crippen LogP contribution in [0.25, 0.3) is 10.9 Å². The van der Waals surface area contributed by atoms with Gasteiger partial charge in [0.15, 0.2) is 0 Å². The number of carbonyl (C=O) groups is 1. The second kappa shape index (κ2) is 6.48. The second-order valence-electron chi connectivity index (χ2n) is 5.71. The first-order valence-electron chi connectivity index (χ1n) is 7.56. The molecule has 3 rings (SSSR count). The molecule has 1 aromatic carbocycles. The summed E-state index contributed by atoms with van der Waals surface area (Å²) in [6, 6.07) is 7.73. The van der Waals surface area contributed by atoms with Crippen molar-refractivity contribution < 1.29 is 9.90 Å². The number of nitrogens with zero attached hydrogens (tertiary/aromatic N) is 3. The van der Waals surface area contributed by atoms with E-state index in [0.717, 1.165) is 42.4 Å². The normalized spacial score (nSPS) is 20.7. The first kappa shape index (κ1) is 15.0. The lowest BCUT2D eigenvalue weighted by molar-refractivity contribution is 0.185. The summed E-state index contributed by atoms with van der Waals surface area (Å²) in [5.41, 5.74) is 1.37. The predicted molar refractivity (Wildman–Crippen MR) is 85.1 cm³/mol. The predicted octanol–water partition coefficient (Wildman–Crippen LogP) is 2.49. The average Bonchev–Trinajstić information content (AvgIpc) is 2.56. The van der Waals surface area contributed by atoms with E-state index >= 15 is 0 Å². The van der Waals surface area contributed by atoms with Gasteiger partial charge in [0.05, 0.1) is 17.1 Å². The molecular weight excluding hydrogens is 294 g/mol. The molecule has 0 unspecified atom stereocenters. The highest BCUT2D eigenvalue weighted by Gasteiger charge is 2.22. The molecule has 1 aromatic heterocycles. The summed E-state index contributed by atoms with van der Waals surface area (Å²) >= 11 is 0. The highest BCUT2D eigenvalue weighted by molar-refractivity contribution is 5.89. The third-order valence-electron chi connectivity index (χ3n) is 4.16. The zero-order chi connectivity index (χ0) is 16.2. The van der Waals surface area contributed by atoms with Crippen LogP contribution in [-0.4, -0.2) is 33.3 Å². The summed E-state index contributed by atoms with van der Waals surface area (Å²) < 4.78 is 0. The molecule has 0 aliphatic heterocycles. The van der Waals surface area contributed by atoms with Crippen molar-refractivity contribution >= 4 is 22.8 Å². The lowest BCUT2D eigenvalue weighted by Crippen LogP contribution is -2.39. The first-order chi connectivity index (χ1) is 11.2. The Bertz CT molecular complexity index is 763. The molecule has 118 valence electrons. The molecule has 1 fully saturated rings. The minimum absolute atomic E-state index is 0.0258. The molecule has 1 aliphatic rings. The Kier molecular flexibility index (Phi) is 4.24. The standard InChI is InChI=1S/C16H17N5O2/c17-8-10-1-6-14-13(7-10)15(19-9-18-14)20-11-2-4-12(5-3-11)21-16(22)23/h1,6-7,9,11-12,21H,2-5H2,(H,22,23)(H,18,19,20)/t11-,12-. The fraction of sp³-hybridized carbons (Fsp3) is 0.375. The van der Waals surface area contributed by atoms with E-state index in [-0.39, 0.29) is 12.1 Å². The van der Waals surface area contributed by atoms with Gasteiger partial charge < -0.3 is 15.7 Å². The molecule has 1 amide bonds. The number of aromatic nitrogens is 2. The molecule has 2 aromatic rings. The third kappa shape index (κ3) is 3.48. The Morgan fingerprint density at radius 3 is 2.65 bits per heavy atom. The van der Waals surface area contributed by atoms with Crippen LogP contribution in [0.4, 0.5) is 10.6 Å². The van der Waals surface area contributed by atoms with Gasteiger partial charge in [-0.2, -0.15) is 5.26 Å². The Hall–Kier alpha value is -2.88. The van der Waals surface area contributed by atoms with Crippen molar-refractivity contribution in [1.82, 2.24) is 15.3 Å². The van der Waals surface area contributed by atoms with E-state index < -0.39 is 6.09 Å². The molecule has 7 nitrogen and oxygen atoms in total. The van der Waals surface area contributed by atoms with Crippen LogP contribution in [0.1, 0.15) is 31.2 Å². The van der Waals surface area contributed by atoms with Crippen LogP contribution in [-0.2, 0) is 0 Å². The molecule has 0 radical (unpaired) electrons. The van der Waals surface area contributed by atoms with Gasteiger partial charge in [-0.15, -0.1) is 0 Å². The van der Waals surface area contributed by atoms with Crippen molar-refractivity contribution in [2.24, 2.45) is 0 Å². The smallest absolute Gasteiger partial charge is 0.404 e. The summed E-state index contributed by atoms with van der Waals surface area (Å²) in [6.45, 7) is 0. The Morgan fingerprint density at radius 2 is 1.96 bits per heavy atom. The van der Waals surface area contributed by atoms with Crippen molar-refractivity contribution in [2.75, 3.05) is 5.32 Å². The summed E-state index contributed by atoms with van der Waals surface area (Å²) in [6.07, 6.45) is 3.89. The molecule has 0 saturated heterocycles. The summed E-state index contributed by atoms with van der Waals surface area (Å²) in [5.74, 6) is 0.724. The summed E-state index contributed by atoms with van der Waals surface area (Å²) in [7, 11) is 0. The van der Waals surface area contributed by atoms with E-state index in [2.05, 4.69) is 26.7 Å². The fourth-order valence-electron chi connectivity index (χ4n) is 2.99. The van der Waals surface area contributed by atoms with Crippen LogP contribution in [0.15, 0.2) is 24.5 Å². The van der Waals surface area contributed by atoms with Gasteiger partial charge in [-0.25, -0.2) is 14.8 Å². The molecule has 7 heteroatoms. The molecular formula is C16H17N5O2. The first-order valence-corrected chi connectivity index (χ1v) is 7.56. The highest BCUT2D eigenvalue weighted by atomic mass is 16.4. The molecule has 3 N–H and O–H groups in total. The van der Waals surface area contributed by atoms with Crippen molar-refractivity contribution in [2.45, 2.75) is 37.8 Å². The lowest BCUT2D eigenvalue weighted by atomic mass is 9.91. The number of benzene rings is 1. The van der Waals surface area contributed by atoms with Crippen molar-refractivity contribution in [3.8, 4) is 6.07 Å². The van der Waals surface area contributed by atoms with Crippen LogP contribution >= 0.6 is 0 Å². The number of amides is 1. The van der Waals surface area contributed by atoms with Crippen molar-refractivity contribution in [3.05, 3.63) is 30.1 Å². The maximum atomic E-state index is 10.7. The molecule has 23 heavy (non-hydrogen) atoms. The number of carboxylic acid groups (broad SMARTS) is 1. The Balaban J connectivity index is 1.73. The van der Waals surface area contributed by atoms with Gasteiger partial charge in [0, 0.05) is 17.5 Å². The van der Waals surface area contributed by atoms with Crippen LogP contribution in [0, 0.1) is 11.3 Å². The van der Waals surface area contributed by atoms with Crippen molar-refractivity contribution in [3.63, 3.8) is 0 Å². The van der Waals surface area contributed by atoms with E-state index in [1.54, 1.807) is 12.1 Å². The third-order valence-corrected chi connectivity index (χ3v) is 4.16. The monoisotopic (exact) mass is 311 g/mol. The molecule has 0 bridgehead atoms. The lowest BCUT2D eigenvalue weighted by Gasteiger charge is -2.29. The Morgan fingerprint density at radius 1 is 1.22 bits per heavy atom. The molecule has 0 atom stereocenters. The van der Waals surface area contributed by atoms with Crippen molar-refractivity contribution in [1.29, 1.82) is 5.26 Å². The SMILES string of the molecule is N#Cc1ccc2ncnc(N[C@H]3CC[C@H](NC(=O)O)CC3)c2c1. The number of hydrogen-bond acceptors (Lipinski definition) is 5. The minimum Gasteiger partial charge on any atom is -0.465 e. The number of hydrogen-bond donors (Lipinski definition) is 3. The average molecular weight is 311 g/mol. The quantitative estimate of drug-likeness (QED) is 0.803. The topological polar surface area (TPSA) is 111 Å². The van der Waals surface area contributed by atoms with Gasteiger partial charge in [0.2, 0.25) is 0 Å². The molecule has 1 aliphatic carbocycles. The molecule has 0 spiro atoms. The van der Waals surface area contributed by atoms with Gasteiger partial charge in [-0.1, -0.05) is 0 Å². The van der Waals surface area contributed by atoms with Gasteiger partial charge in [0.1, 0.15) is 12.1 Å². The van der Waals surface area contributed by atoms with Gasteiger partial charge >= 0.3 is 6.09 Å². The zero-order valence-corrected chi connectivity index (χ0v) is 12.5. The second-order valence-corrected chi connectivity index (χ2v) is 5.71. The van der Waals surface area contributed by atoms with Crippen LogP contribution in [0.5, 0.6) is 0 Å². The van der Waals surface area contributed by atoms with Crippen LogP contribution in [0.3, 0.4) is 0 Å². The van der Waals surface area contributed by atoms with Crippen LogP contribution < -0.4 is 10.6 Å². The number of rotatable bonds is 3. The summed E-state index contributed by atoms with van der Waals surface area (Å²) in [5, 5.41) is 24.6. The fourth-order valence-corrected chi connectivity index (χ4v) is 2.99. The minimum atomic E-state index is -0.966. The van der Waals surface area contributed by atoms with E-state index in [1.165, 1.54) is 6.33 Å². The number of anilines is 1. The van der Waals surface area contributed by atoms with E-state index in [0.29, 0.717) is 5.56 Å². The van der Waals surface area contributed by atoms with Gasteiger partial charge in [0.25, 0.3) is 0 Å². The molecule has 1 saturated carbocycles. The maximum Gasteiger partial charge on any atom is 0.404 e. The number of nitriles is 1. The van der Waals surface area contributed by atoms with Gasteiger partial charge in [-0.3, -0.25) is 0 Å². The highest BCUT2D eigenvalue weighted by Crippen LogP contribution is 2.25. The van der Waals surface area contributed by atoms with E-state index in [4.69, 9.17) is 10.4 Å². The van der Waals surface area contributed by atoms with Gasteiger partial charge in [-0.05, 0) is 43.9 Å². The number of fused-ring (bicyclic) bond motifs is 1.